The number of halogens is 2. The molecule has 0 heterocycles. The lowest BCUT2D eigenvalue weighted by atomic mass is 10.2. The van der Waals surface area contributed by atoms with Gasteiger partial charge in [-0.1, -0.05) is 12.1 Å². The van der Waals surface area contributed by atoms with E-state index in [9.17, 15) is 9.18 Å². The summed E-state index contributed by atoms with van der Waals surface area (Å²) in [5.41, 5.74) is 0.307. The number of carbonyl (C=O) groups excluding carboxylic acids is 1. The normalized spacial score (nSPS) is 10.1. The first-order valence-corrected chi connectivity index (χ1v) is 6.21. The van der Waals surface area contributed by atoms with Crippen molar-refractivity contribution in [3.8, 4) is 11.5 Å². The predicted octanol–water partition coefficient (Wildman–Crippen LogP) is 3.82. The van der Waals surface area contributed by atoms with Gasteiger partial charge in [0.25, 0.3) is 0 Å². The minimum Gasteiger partial charge on any atom is -0.496 e. The van der Waals surface area contributed by atoms with E-state index in [-0.39, 0.29) is 5.75 Å². The molecular formula is C14H10BrFO3. The molecule has 0 atom stereocenters. The molecule has 0 N–H and O–H groups in total. The molecule has 5 heteroatoms. The van der Waals surface area contributed by atoms with Gasteiger partial charge in [-0.05, 0) is 46.3 Å². The Morgan fingerprint density at radius 3 is 2.58 bits per heavy atom. The molecule has 0 aliphatic carbocycles. The van der Waals surface area contributed by atoms with Gasteiger partial charge in [0.05, 0.1) is 11.6 Å². The van der Waals surface area contributed by atoms with Crippen LogP contribution in [0.15, 0.2) is 46.9 Å². The van der Waals surface area contributed by atoms with E-state index in [1.807, 2.05) is 0 Å². The van der Waals surface area contributed by atoms with Gasteiger partial charge in [-0.15, -0.1) is 0 Å². The Morgan fingerprint density at radius 2 is 1.89 bits per heavy atom. The van der Waals surface area contributed by atoms with E-state index in [2.05, 4.69) is 15.9 Å². The zero-order valence-electron chi connectivity index (χ0n) is 10.0. The van der Waals surface area contributed by atoms with Crippen LogP contribution in [0.25, 0.3) is 0 Å². The van der Waals surface area contributed by atoms with Crippen LogP contribution in [-0.4, -0.2) is 13.1 Å². The highest BCUT2D eigenvalue weighted by Gasteiger charge is 2.15. The average Bonchev–Trinajstić information content (AvgIpc) is 2.41. The van der Waals surface area contributed by atoms with Crippen LogP contribution >= 0.6 is 15.9 Å². The van der Waals surface area contributed by atoms with E-state index in [1.54, 1.807) is 24.3 Å². The highest BCUT2D eigenvalue weighted by molar-refractivity contribution is 9.10. The highest BCUT2D eigenvalue weighted by atomic mass is 79.9. The monoisotopic (exact) mass is 324 g/mol. The molecule has 3 nitrogen and oxygen atoms in total. The van der Waals surface area contributed by atoms with Gasteiger partial charge in [-0.25, -0.2) is 9.18 Å². The third-order valence-electron chi connectivity index (χ3n) is 2.42. The summed E-state index contributed by atoms with van der Waals surface area (Å²) in [4.78, 5) is 12.0. The number of esters is 1. The molecule has 0 radical (unpaired) electrons. The molecule has 0 aliphatic rings. The van der Waals surface area contributed by atoms with E-state index in [1.165, 1.54) is 25.3 Å². The number of hydrogen-bond donors (Lipinski definition) is 0. The summed E-state index contributed by atoms with van der Waals surface area (Å²) in [5.74, 6) is -0.309. The molecule has 2 aromatic carbocycles. The maximum absolute atomic E-state index is 12.9. The Bertz CT molecular complexity index is 613. The van der Waals surface area contributed by atoms with Crippen molar-refractivity contribution >= 4 is 21.9 Å². The molecule has 0 aliphatic heterocycles. The fraction of sp³-hybridized carbons (Fsp3) is 0.0714. The van der Waals surface area contributed by atoms with E-state index in [0.29, 0.717) is 15.8 Å². The number of carbonyl (C=O) groups is 1. The lowest BCUT2D eigenvalue weighted by Crippen LogP contribution is -2.10. The minimum atomic E-state index is -0.565. The van der Waals surface area contributed by atoms with Crippen molar-refractivity contribution in [1.82, 2.24) is 0 Å². The summed E-state index contributed by atoms with van der Waals surface area (Å²) in [5, 5.41) is 0. The number of ether oxygens (including phenoxy) is 2. The van der Waals surface area contributed by atoms with Gasteiger partial charge in [0, 0.05) is 0 Å². The van der Waals surface area contributed by atoms with Crippen molar-refractivity contribution in [2.75, 3.05) is 7.11 Å². The summed E-state index contributed by atoms with van der Waals surface area (Å²) >= 11 is 3.14. The maximum Gasteiger partial charge on any atom is 0.347 e. The number of hydrogen-bond acceptors (Lipinski definition) is 3. The summed E-state index contributed by atoms with van der Waals surface area (Å²) < 4.78 is 23.6. The van der Waals surface area contributed by atoms with Gasteiger partial charge in [-0.3, -0.25) is 0 Å². The van der Waals surface area contributed by atoms with Crippen LogP contribution in [-0.2, 0) is 0 Å². The van der Waals surface area contributed by atoms with Crippen molar-refractivity contribution in [1.29, 1.82) is 0 Å². The Labute approximate surface area is 118 Å². The largest absolute Gasteiger partial charge is 0.496 e. The van der Waals surface area contributed by atoms with Crippen LogP contribution in [0.1, 0.15) is 10.4 Å². The van der Waals surface area contributed by atoms with Gasteiger partial charge in [-0.2, -0.15) is 0 Å². The van der Waals surface area contributed by atoms with Gasteiger partial charge in [0.2, 0.25) is 0 Å². The SMILES string of the molecule is COc1ccccc1C(=O)Oc1ccc(F)cc1Br. The first-order valence-electron chi connectivity index (χ1n) is 5.42. The molecule has 2 aromatic rings. The second-order valence-corrected chi connectivity index (χ2v) is 4.52. The lowest BCUT2D eigenvalue weighted by Gasteiger charge is -2.09. The molecule has 2 rings (SSSR count). The molecule has 0 aromatic heterocycles. The van der Waals surface area contributed by atoms with Crippen molar-refractivity contribution < 1.29 is 18.7 Å². The van der Waals surface area contributed by atoms with Crippen LogP contribution in [0.2, 0.25) is 0 Å². The van der Waals surface area contributed by atoms with Gasteiger partial charge in [0.15, 0.2) is 0 Å². The Morgan fingerprint density at radius 1 is 1.16 bits per heavy atom. The summed E-state index contributed by atoms with van der Waals surface area (Å²) in [7, 11) is 1.47. The first-order chi connectivity index (χ1) is 9.11. The minimum absolute atomic E-state index is 0.248. The van der Waals surface area contributed by atoms with E-state index in [0.717, 1.165) is 0 Å². The zero-order chi connectivity index (χ0) is 13.8. The lowest BCUT2D eigenvalue weighted by molar-refractivity contribution is 0.0730. The number of benzene rings is 2. The predicted molar refractivity (Wildman–Crippen MR) is 72.1 cm³/mol. The van der Waals surface area contributed by atoms with Crippen LogP contribution in [0.3, 0.4) is 0 Å². The molecule has 0 bridgehead atoms. The van der Waals surface area contributed by atoms with Crippen LogP contribution in [0.5, 0.6) is 11.5 Å². The Balaban J connectivity index is 2.26. The maximum atomic E-state index is 12.9. The molecule has 0 saturated carbocycles. The summed E-state index contributed by atoms with van der Waals surface area (Å²) in [6.45, 7) is 0. The molecule has 0 fully saturated rings. The smallest absolute Gasteiger partial charge is 0.347 e. The zero-order valence-corrected chi connectivity index (χ0v) is 11.6. The fourth-order valence-corrected chi connectivity index (χ4v) is 1.96. The third-order valence-corrected chi connectivity index (χ3v) is 3.04. The fourth-order valence-electron chi connectivity index (χ4n) is 1.53. The number of rotatable bonds is 3. The standard InChI is InChI=1S/C14H10BrFO3/c1-18-12-5-3-2-4-10(12)14(17)19-13-7-6-9(16)8-11(13)15/h2-8H,1H3. The molecule has 0 spiro atoms. The topological polar surface area (TPSA) is 35.5 Å². The molecule has 0 unspecified atom stereocenters. The second-order valence-electron chi connectivity index (χ2n) is 3.66. The van der Waals surface area contributed by atoms with Crippen molar-refractivity contribution in [3.63, 3.8) is 0 Å². The third kappa shape index (κ3) is 3.12. The highest BCUT2D eigenvalue weighted by Crippen LogP contribution is 2.27. The average molecular weight is 325 g/mol. The van der Waals surface area contributed by atoms with Crippen molar-refractivity contribution in [2.45, 2.75) is 0 Å². The van der Waals surface area contributed by atoms with Crippen molar-refractivity contribution in [2.24, 2.45) is 0 Å². The quantitative estimate of drug-likeness (QED) is 0.636. The molecular weight excluding hydrogens is 315 g/mol. The summed E-state index contributed by atoms with van der Waals surface area (Å²) in [6.07, 6.45) is 0. The van der Waals surface area contributed by atoms with Crippen LogP contribution in [0, 0.1) is 5.82 Å². The molecule has 0 amide bonds. The first kappa shape index (κ1) is 13.5. The van der Waals surface area contributed by atoms with Crippen LogP contribution < -0.4 is 9.47 Å². The second kappa shape index (κ2) is 5.84. The number of methoxy groups -OCH3 is 1. The van der Waals surface area contributed by atoms with E-state index in [4.69, 9.17) is 9.47 Å². The molecule has 0 saturated heterocycles. The molecule has 19 heavy (non-hydrogen) atoms. The molecule has 98 valence electrons. The Kier molecular flexibility index (Phi) is 4.16. The number of para-hydroxylation sites is 1. The van der Waals surface area contributed by atoms with E-state index < -0.39 is 11.8 Å². The van der Waals surface area contributed by atoms with Crippen LogP contribution in [0.4, 0.5) is 4.39 Å². The summed E-state index contributed by atoms with van der Waals surface area (Å²) in [6, 6.07) is 10.5. The van der Waals surface area contributed by atoms with E-state index >= 15 is 0 Å². The van der Waals surface area contributed by atoms with Crippen molar-refractivity contribution in [3.05, 3.63) is 58.3 Å². The van der Waals surface area contributed by atoms with Gasteiger partial charge in [0.1, 0.15) is 22.9 Å². The van der Waals surface area contributed by atoms with Gasteiger partial charge >= 0.3 is 5.97 Å². The Hall–Kier alpha value is -1.88. The van der Waals surface area contributed by atoms with Gasteiger partial charge < -0.3 is 9.47 Å².